The number of benzene rings is 1. The van der Waals surface area contributed by atoms with E-state index in [2.05, 4.69) is 10.3 Å². The highest BCUT2D eigenvalue weighted by Gasteiger charge is 2.27. The predicted molar refractivity (Wildman–Crippen MR) is 84.7 cm³/mol. The van der Waals surface area contributed by atoms with Crippen LogP contribution in [0.25, 0.3) is 10.9 Å². The number of carbonyl (C=O) groups excluding carboxylic acids is 2. The molecule has 0 spiro atoms. The fraction of sp³-hybridized carbons (Fsp3) is 0.375. The molecule has 2 rings (SSSR count). The summed E-state index contributed by atoms with van der Waals surface area (Å²) in [7, 11) is 3.16. The van der Waals surface area contributed by atoms with Crippen LogP contribution in [-0.4, -0.2) is 53.0 Å². The highest BCUT2D eigenvalue weighted by Crippen LogP contribution is 2.17. The Hall–Kier alpha value is -2.34. The van der Waals surface area contributed by atoms with Gasteiger partial charge in [-0.1, -0.05) is 11.6 Å². The van der Waals surface area contributed by atoms with Crippen LogP contribution < -0.4 is 5.32 Å². The predicted octanol–water partition coefficient (Wildman–Crippen LogP) is 1.04. The highest BCUT2D eigenvalue weighted by atomic mass is 16.3. The number of fused-ring (bicyclic) bond motifs is 1. The molecule has 0 unspecified atom stereocenters. The van der Waals surface area contributed by atoms with Gasteiger partial charge in [0.15, 0.2) is 0 Å². The number of H-pyrrole nitrogens is 1. The molecule has 0 fully saturated rings. The van der Waals surface area contributed by atoms with E-state index in [4.69, 9.17) is 0 Å². The molecule has 2 aromatic rings. The molecule has 118 valence electrons. The van der Waals surface area contributed by atoms with E-state index in [9.17, 15) is 14.7 Å². The molecule has 0 aliphatic carbocycles. The lowest BCUT2D eigenvalue weighted by molar-refractivity contribution is -0.133. The molecule has 0 saturated carbocycles. The maximum atomic E-state index is 12.3. The van der Waals surface area contributed by atoms with Crippen LogP contribution in [0.2, 0.25) is 0 Å². The summed E-state index contributed by atoms with van der Waals surface area (Å²) in [5.41, 5.74) is 2.31. The van der Waals surface area contributed by atoms with Gasteiger partial charge in [0.05, 0.1) is 6.10 Å². The largest absolute Gasteiger partial charge is 0.391 e. The Bertz CT molecular complexity index is 704. The second kappa shape index (κ2) is 6.19. The van der Waals surface area contributed by atoms with Crippen molar-refractivity contribution < 1.29 is 14.7 Å². The molecule has 22 heavy (non-hydrogen) atoms. The van der Waals surface area contributed by atoms with Crippen molar-refractivity contribution in [2.45, 2.75) is 26.0 Å². The molecule has 0 aliphatic rings. The Morgan fingerprint density at radius 3 is 2.55 bits per heavy atom. The summed E-state index contributed by atoms with van der Waals surface area (Å²) < 4.78 is 0. The lowest BCUT2D eigenvalue weighted by Gasteiger charge is -2.23. The van der Waals surface area contributed by atoms with Gasteiger partial charge in [-0.25, -0.2) is 0 Å². The third kappa shape index (κ3) is 3.28. The van der Waals surface area contributed by atoms with Gasteiger partial charge in [-0.3, -0.25) is 9.59 Å². The summed E-state index contributed by atoms with van der Waals surface area (Å²) >= 11 is 0. The monoisotopic (exact) mass is 303 g/mol. The number of nitrogens with zero attached hydrogens (tertiary/aromatic N) is 1. The molecule has 3 N–H and O–H groups in total. The third-order valence-electron chi connectivity index (χ3n) is 3.50. The minimum Gasteiger partial charge on any atom is -0.391 e. The number of aromatic amines is 1. The molecule has 1 aromatic heterocycles. The molecule has 2 atom stereocenters. The first-order chi connectivity index (χ1) is 10.3. The van der Waals surface area contributed by atoms with Gasteiger partial charge in [-0.2, -0.15) is 0 Å². The molecule has 6 nitrogen and oxygen atoms in total. The van der Waals surface area contributed by atoms with Crippen molar-refractivity contribution in [3.8, 4) is 0 Å². The zero-order valence-electron chi connectivity index (χ0n) is 13.2. The molecule has 6 heteroatoms. The van der Waals surface area contributed by atoms with Gasteiger partial charge >= 0.3 is 0 Å². The lowest BCUT2D eigenvalue weighted by Crippen LogP contribution is -2.52. The first kappa shape index (κ1) is 16.0. The zero-order chi connectivity index (χ0) is 16.4. The zero-order valence-corrected chi connectivity index (χ0v) is 13.2. The van der Waals surface area contributed by atoms with Gasteiger partial charge in [-0.15, -0.1) is 0 Å². The Morgan fingerprint density at radius 1 is 1.27 bits per heavy atom. The number of aliphatic hydroxyl groups is 1. The minimum absolute atomic E-state index is 0.352. The Morgan fingerprint density at radius 2 is 1.95 bits per heavy atom. The molecule has 0 saturated heterocycles. The number of aliphatic hydroxyl groups excluding tert-OH is 1. The van der Waals surface area contributed by atoms with E-state index < -0.39 is 18.1 Å². The van der Waals surface area contributed by atoms with Crippen LogP contribution in [0.1, 0.15) is 23.0 Å². The number of amides is 2. The third-order valence-corrected chi connectivity index (χ3v) is 3.50. The summed E-state index contributed by atoms with van der Waals surface area (Å²) in [6.45, 7) is 3.45. The van der Waals surface area contributed by atoms with Crippen molar-refractivity contribution >= 4 is 22.7 Å². The van der Waals surface area contributed by atoms with E-state index in [0.29, 0.717) is 5.69 Å². The first-order valence-corrected chi connectivity index (χ1v) is 7.09. The van der Waals surface area contributed by atoms with Crippen LogP contribution in [0.5, 0.6) is 0 Å². The number of aryl methyl sites for hydroxylation is 1. The van der Waals surface area contributed by atoms with Crippen molar-refractivity contribution in [3.63, 3.8) is 0 Å². The van der Waals surface area contributed by atoms with Crippen LogP contribution in [0.15, 0.2) is 24.3 Å². The first-order valence-electron chi connectivity index (χ1n) is 7.09. The molecule has 2 amide bonds. The van der Waals surface area contributed by atoms with Gasteiger partial charge in [0.1, 0.15) is 11.7 Å². The van der Waals surface area contributed by atoms with Crippen LogP contribution >= 0.6 is 0 Å². The smallest absolute Gasteiger partial charge is 0.268 e. The summed E-state index contributed by atoms with van der Waals surface area (Å²) in [4.78, 5) is 28.7. The quantitative estimate of drug-likeness (QED) is 0.789. The summed E-state index contributed by atoms with van der Waals surface area (Å²) in [5.74, 6) is -0.773. The van der Waals surface area contributed by atoms with E-state index in [1.54, 1.807) is 20.2 Å². The Balaban J connectivity index is 2.23. The lowest BCUT2D eigenvalue weighted by atomic mass is 10.1. The number of likely N-dealkylation sites (N-methyl/N-ethyl adjacent to an activating group) is 1. The van der Waals surface area contributed by atoms with Gasteiger partial charge in [0.25, 0.3) is 5.91 Å². The SMILES string of the molecule is Cc1ccc2[nH]c(C(=O)N[C@H](C(=O)N(C)C)[C@@H](C)O)cc2c1. The molecule has 0 aliphatic heterocycles. The fourth-order valence-corrected chi connectivity index (χ4v) is 2.26. The Kier molecular flexibility index (Phi) is 4.51. The standard InChI is InChI=1S/C16H21N3O3/c1-9-5-6-12-11(7-9)8-13(17-12)15(21)18-14(10(2)20)16(22)19(3)4/h5-8,10,14,17,20H,1-4H3,(H,18,21)/t10-,14+/m1/s1. The van der Waals surface area contributed by atoms with Crippen LogP contribution in [0, 0.1) is 6.92 Å². The topological polar surface area (TPSA) is 85.4 Å². The highest BCUT2D eigenvalue weighted by molar-refractivity contribution is 6.00. The van der Waals surface area contributed by atoms with E-state index in [0.717, 1.165) is 16.5 Å². The summed E-state index contributed by atoms with van der Waals surface area (Å²) in [6, 6.07) is 6.58. The molecular weight excluding hydrogens is 282 g/mol. The van der Waals surface area contributed by atoms with E-state index >= 15 is 0 Å². The van der Waals surface area contributed by atoms with Crippen LogP contribution in [0.4, 0.5) is 0 Å². The van der Waals surface area contributed by atoms with Crippen molar-refractivity contribution in [2.75, 3.05) is 14.1 Å². The molecular formula is C16H21N3O3. The number of aromatic nitrogens is 1. The van der Waals surface area contributed by atoms with Crippen molar-refractivity contribution in [2.24, 2.45) is 0 Å². The average Bonchev–Trinajstić information content (AvgIpc) is 2.86. The maximum absolute atomic E-state index is 12.3. The number of hydrogen-bond donors (Lipinski definition) is 3. The average molecular weight is 303 g/mol. The molecule has 1 heterocycles. The summed E-state index contributed by atoms with van der Waals surface area (Å²) in [6.07, 6.45) is -0.981. The maximum Gasteiger partial charge on any atom is 0.268 e. The van der Waals surface area contributed by atoms with Gasteiger partial charge in [0.2, 0.25) is 5.91 Å². The second-order valence-electron chi connectivity index (χ2n) is 5.70. The van der Waals surface area contributed by atoms with Crippen LogP contribution in [0.3, 0.4) is 0 Å². The Labute approximate surface area is 129 Å². The van der Waals surface area contributed by atoms with E-state index in [-0.39, 0.29) is 5.91 Å². The molecule has 0 bridgehead atoms. The normalized spacial score (nSPS) is 13.7. The van der Waals surface area contributed by atoms with Crippen molar-refractivity contribution in [1.82, 2.24) is 15.2 Å². The molecule has 1 aromatic carbocycles. The van der Waals surface area contributed by atoms with Crippen molar-refractivity contribution in [1.29, 1.82) is 0 Å². The fourth-order valence-electron chi connectivity index (χ4n) is 2.26. The summed E-state index contributed by atoms with van der Waals surface area (Å²) in [5, 5.41) is 13.2. The molecule has 0 radical (unpaired) electrons. The van der Waals surface area contributed by atoms with Crippen molar-refractivity contribution in [3.05, 3.63) is 35.5 Å². The van der Waals surface area contributed by atoms with Crippen LogP contribution in [-0.2, 0) is 4.79 Å². The number of nitrogens with one attached hydrogen (secondary N) is 2. The van der Waals surface area contributed by atoms with E-state index in [1.165, 1.54) is 11.8 Å². The van der Waals surface area contributed by atoms with E-state index in [1.807, 2.05) is 25.1 Å². The minimum atomic E-state index is -0.981. The van der Waals surface area contributed by atoms with Gasteiger partial charge < -0.3 is 20.3 Å². The number of carbonyl (C=O) groups is 2. The van der Waals surface area contributed by atoms with Gasteiger partial charge in [-0.05, 0) is 32.0 Å². The van der Waals surface area contributed by atoms with Gasteiger partial charge in [0, 0.05) is 25.0 Å². The second-order valence-corrected chi connectivity index (χ2v) is 5.70. The number of rotatable bonds is 4. The number of hydrogen-bond acceptors (Lipinski definition) is 3.